The number of fused-ring (bicyclic) bond motifs is 1. The van der Waals surface area contributed by atoms with Crippen LogP contribution in [-0.4, -0.2) is 35.7 Å². The van der Waals surface area contributed by atoms with E-state index in [-0.39, 0.29) is 23.6 Å². The van der Waals surface area contributed by atoms with Crippen LogP contribution in [0.4, 0.5) is 5.69 Å². The number of hydrogen-bond acceptors (Lipinski definition) is 6. The topological polar surface area (TPSA) is 79.9 Å². The van der Waals surface area contributed by atoms with E-state index in [0.717, 1.165) is 24.3 Å². The van der Waals surface area contributed by atoms with Crippen molar-refractivity contribution >= 4 is 11.3 Å². The normalized spacial score (nSPS) is 14.1. The van der Waals surface area contributed by atoms with Crippen LogP contribution in [0.15, 0.2) is 53.5 Å². The number of anilines is 1. The third-order valence-electron chi connectivity index (χ3n) is 4.47. The average molecular weight is 362 g/mol. The van der Waals surface area contributed by atoms with Gasteiger partial charge in [0, 0.05) is 19.3 Å². The molecule has 0 N–H and O–H groups in total. The molecule has 1 fully saturated rings. The Kier molecular flexibility index (Phi) is 4.73. The molecule has 1 aliphatic heterocycles. The summed E-state index contributed by atoms with van der Waals surface area (Å²) in [5.41, 5.74) is 1.85. The van der Waals surface area contributed by atoms with Crippen LogP contribution in [-0.2, 0) is 11.3 Å². The molecular weight excluding hydrogens is 344 g/mol. The van der Waals surface area contributed by atoms with Gasteiger partial charge in [-0.25, -0.2) is 4.98 Å². The molecule has 7 heteroatoms. The van der Waals surface area contributed by atoms with Crippen molar-refractivity contribution in [1.29, 1.82) is 5.26 Å². The van der Waals surface area contributed by atoms with Crippen molar-refractivity contribution in [2.45, 2.75) is 6.61 Å². The minimum Gasteiger partial charge on any atom is -0.481 e. The van der Waals surface area contributed by atoms with Gasteiger partial charge in [0.2, 0.25) is 5.75 Å². The van der Waals surface area contributed by atoms with E-state index in [4.69, 9.17) is 9.47 Å². The van der Waals surface area contributed by atoms with Gasteiger partial charge in [-0.2, -0.15) is 5.26 Å². The highest BCUT2D eigenvalue weighted by Gasteiger charge is 2.17. The lowest BCUT2D eigenvalue weighted by Crippen LogP contribution is -2.36. The number of nitriles is 1. The second kappa shape index (κ2) is 7.48. The maximum Gasteiger partial charge on any atom is 0.301 e. The van der Waals surface area contributed by atoms with E-state index in [1.54, 1.807) is 12.3 Å². The second-order valence-corrected chi connectivity index (χ2v) is 6.20. The van der Waals surface area contributed by atoms with Crippen LogP contribution >= 0.6 is 0 Å². The summed E-state index contributed by atoms with van der Waals surface area (Å²) >= 11 is 0. The lowest BCUT2D eigenvalue weighted by atomic mass is 10.2. The van der Waals surface area contributed by atoms with Crippen LogP contribution in [0.5, 0.6) is 5.75 Å². The first-order valence-corrected chi connectivity index (χ1v) is 8.72. The molecule has 0 saturated carbocycles. The molecule has 0 aliphatic carbocycles. The maximum atomic E-state index is 13.0. The van der Waals surface area contributed by atoms with Crippen molar-refractivity contribution in [3.05, 3.63) is 70.3 Å². The van der Waals surface area contributed by atoms with Crippen molar-refractivity contribution in [3.8, 4) is 11.8 Å². The molecular formula is C20H18N4O3. The van der Waals surface area contributed by atoms with Gasteiger partial charge in [-0.15, -0.1) is 0 Å². The molecule has 4 rings (SSSR count). The Hall–Kier alpha value is -3.37. The molecule has 1 aliphatic rings. The Balaban J connectivity index is 1.72. The molecule has 0 unspecified atom stereocenters. The number of rotatable bonds is 4. The summed E-state index contributed by atoms with van der Waals surface area (Å²) in [6.45, 7) is 3.04. The summed E-state index contributed by atoms with van der Waals surface area (Å²) < 4.78 is 12.5. The number of nitrogens with zero attached hydrogens (tertiary/aromatic N) is 4. The van der Waals surface area contributed by atoms with E-state index >= 15 is 0 Å². The van der Waals surface area contributed by atoms with Crippen molar-refractivity contribution in [3.63, 3.8) is 0 Å². The lowest BCUT2D eigenvalue weighted by molar-refractivity contribution is 0.122. The van der Waals surface area contributed by atoms with Crippen LogP contribution < -0.4 is 15.2 Å². The van der Waals surface area contributed by atoms with Gasteiger partial charge in [0.15, 0.2) is 5.69 Å². The van der Waals surface area contributed by atoms with Gasteiger partial charge in [0.05, 0.1) is 18.9 Å². The summed E-state index contributed by atoms with van der Waals surface area (Å²) in [6.07, 6.45) is 1.74. The Bertz CT molecular complexity index is 1050. The summed E-state index contributed by atoms with van der Waals surface area (Å²) in [5.74, 6) is -0.0296. The molecule has 0 spiro atoms. The highest BCUT2D eigenvalue weighted by Crippen LogP contribution is 2.19. The van der Waals surface area contributed by atoms with Crippen molar-refractivity contribution in [1.82, 2.24) is 9.38 Å². The minimum absolute atomic E-state index is 0.00458. The predicted molar refractivity (Wildman–Crippen MR) is 100.0 cm³/mol. The fourth-order valence-corrected chi connectivity index (χ4v) is 3.06. The molecule has 0 bridgehead atoms. The monoisotopic (exact) mass is 362 g/mol. The zero-order valence-corrected chi connectivity index (χ0v) is 14.7. The van der Waals surface area contributed by atoms with E-state index in [2.05, 4.69) is 9.88 Å². The molecule has 1 aromatic carbocycles. The molecule has 136 valence electrons. The quantitative estimate of drug-likeness (QED) is 0.706. The van der Waals surface area contributed by atoms with Crippen LogP contribution in [0.3, 0.4) is 0 Å². The van der Waals surface area contributed by atoms with Crippen LogP contribution in [0.2, 0.25) is 0 Å². The van der Waals surface area contributed by atoms with Gasteiger partial charge in [-0.1, -0.05) is 30.3 Å². The number of hydrogen-bond donors (Lipinski definition) is 0. The first-order chi connectivity index (χ1) is 13.3. The SMILES string of the molecule is N#Cc1nc2ccc(N3CCOCC3)cn2c(=O)c1OCc1ccccc1. The summed E-state index contributed by atoms with van der Waals surface area (Å²) in [4.78, 5) is 19.4. The van der Waals surface area contributed by atoms with Crippen molar-refractivity contribution < 1.29 is 9.47 Å². The van der Waals surface area contributed by atoms with Crippen molar-refractivity contribution in [2.75, 3.05) is 31.2 Å². The van der Waals surface area contributed by atoms with Gasteiger partial charge < -0.3 is 14.4 Å². The molecule has 7 nitrogen and oxygen atoms in total. The minimum atomic E-state index is -0.386. The van der Waals surface area contributed by atoms with Crippen LogP contribution in [0.25, 0.3) is 5.65 Å². The summed E-state index contributed by atoms with van der Waals surface area (Å²) in [7, 11) is 0. The van der Waals surface area contributed by atoms with Crippen LogP contribution in [0, 0.1) is 11.3 Å². The molecule has 0 radical (unpaired) electrons. The second-order valence-electron chi connectivity index (χ2n) is 6.20. The molecule has 3 aromatic rings. The van der Waals surface area contributed by atoms with E-state index in [1.807, 2.05) is 42.5 Å². The first kappa shape index (κ1) is 17.1. The number of aromatic nitrogens is 2. The largest absolute Gasteiger partial charge is 0.481 e. The fraction of sp³-hybridized carbons (Fsp3) is 0.250. The third kappa shape index (κ3) is 3.48. The highest BCUT2D eigenvalue weighted by atomic mass is 16.5. The van der Waals surface area contributed by atoms with E-state index in [9.17, 15) is 10.1 Å². The summed E-state index contributed by atoms with van der Waals surface area (Å²) in [5, 5.41) is 9.40. The predicted octanol–water partition coefficient (Wildman–Crippen LogP) is 1.98. The number of ether oxygens (including phenoxy) is 2. The van der Waals surface area contributed by atoms with Gasteiger partial charge in [-0.3, -0.25) is 9.20 Å². The molecule has 27 heavy (non-hydrogen) atoms. The average Bonchev–Trinajstić information content (AvgIpc) is 2.74. The Morgan fingerprint density at radius 3 is 2.67 bits per heavy atom. The fourth-order valence-electron chi connectivity index (χ4n) is 3.06. The Morgan fingerprint density at radius 2 is 1.93 bits per heavy atom. The molecule has 0 amide bonds. The number of pyridine rings is 1. The van der Waals surface area contributed by atoms with Gasteiger partial charge in [0.1, 0.15) is 18.3 Å². The van der Waals surface area contributed by atoms with E-state index in [1.165, 1.54) is 4.40 Å². The molecule has 0 atom stereocenters. The molecule has 3 heterocycles. The maximum absolute atomic E-state index is 13.0. The highest BCUT2D eigenvalue weighted by molar-refractivity contribution is 5.54. The van der Waals surface area contributed by atoms with Gasteiger partial charge >= 0.3 is 5.56 Å². The van der Waals surface area contributed by atoms with Gasteiger partial charge in [0.25, 0.3) is 0 Å². The van der Waals surface area contributed by atoms with Crippen LogP contribution in [0.1, 0.15) is 11.3 Å². The molecule has 1 saturated heterocycles. The first-order valence-electron chi connectivity index (χ1n) is 8.72. The zero-order valence-electron chi connectivity index (χ0n) is 14.7. The van der Waals surface area contributed by atoms with Crippen molar-refractivity contribution in [2.24, 2.45) is 0 Å². The Morgan fingerprint density at radius 1 is 1.15 bits per heavy atom. The lowest BCUT2D eigenvalue weighted by Gasteiger charge is -2.28. The van der Waals surface area contributed by atoms with Gasteiger partial charge in [-0.05, 0) is 17.7 Å². The standard InChI is InChI=1S/C20H18N4O3/c21-12-17-19(27-14-15-4-2-1-3-5-15)20(25)24-13-16(6-7-18(24)22-17)23-8-10-26-11-9-23/h1-7,13H,8-11,14H2. The number of morpholine rings is 1. The zero-order chi connectivity index (χ0) is 18.6. The van der Waals surface area contributed by atoms with E-state index in [0.29, 0.717) is 18.9 Å². The smallest absolute Gasteiger partial charge is 0.301 e. The molecule has 2 aromatic heterocycles. The number of benzene rings is 1. The van der Waals surface area contributed by atoms with E-state index < -0.39 is 0 Å². The third-order valence-corrected chi connectivity index (χ3v) is 4.47. The summed E-state index contributed by atoms with van der Waals surface area (Å²) in [6, 6.07) is 15.1. The Labute approximate surface area is 156 Å².